The van der Waals surface area contributed by atoms with Gasteiger partial charge in [-0.3, -0.25) is 14.8 Å². The van der Waals surface area contributed by atoms with Crippen LogP contribution in [0.3, 0.4) is 0 Å². The van der Waals surface area contributed by atoms with Crippen molar-refractivity contribution in [1.82, 2.24) is 25.1 Å². The Balaban J connectivity index is 1.08. The minimum atomic E-state index is -0.428. The number of anilines is 2. The zero-order valence-electron chi connectivity index (χ0n) is 19.3. The van der Waals surface area contributed by atoms with Crippen LogP contribution in [0.2, 0.25) is 0 Å². The molecule has 35 heavy (non-hydrogen) atoms. The summed E-state index contributed by atoms with van der Waals surface area (Å²) in [5.41, 5.74) is 2.72. The fourth-order valence-electron chi connectivity index (χ4n) is 4.60. The van der Waals surface area contributed by atoms with Gasteiger partial charge in [0.1, 0.15) is 24.8 Å². The molecular formula is C23H25N7O5. The van der Waals surface area contributed by atoms with Crippen LogP contribution >= 0.6 is 0 Å². The quantitative estimate of drug-likeness (QED) is 0.528. The molecule has 3 aromatic heterocycles. The van der Waals surface area contributed by atoms with Crippen LogP contribution in [-0.4, -0.2) is 96.9 Å². The predicted molar refractivity (Wildman–Crippen MR) is 125 cm³/mol. The lowest BCUT2D eigenvalue weighted by atomic mass is 10.2. The van der Waals surface area contributed by atoms with Crippen LogP contribution in [0.5, 0.6) is 17.5 Å². The van der Waals surface area contributed by atoms with Gasteiger partial charge < -0.3 is 23.8 Å². The molecule has 3 aromatic rings. The molecule has 2 saturated heterocycles. The first-order valence-corrected chi connectivity index (χ1v) is 11.6. The van der Waals surface area contributed by atoms with Gasteiger partial charge in [0.15, 0.2) is 11.6 Å². The van der Waals surface area contributed by atoms with Gasteiger partial charge in [0, 0.05) is 51.1 Å². The molecule has 3 aliphatic heterocycles. The monoisotopic (exact) mass is 479 g/mol. The van der Waals surface area contributed by atoms with Crippen molar-refractivity contribution in [2.75, 3.05) is 69.4 Å². The number of nitrogens with zero attached hydrogens (tertiary/aromatic N) is 7. The Morgan fingerprint density at radius 2 is 1.94 bits per heavy atom. The van der Waals surface area contributed by atoms with Crippen molar-refractivity contribution in [3.8, 4) is 17.5 Å². The summed E-state index contributed by atoms with van der Waals surface area (Å²) in [6.07, 6.45) is 1.13. The summed E-state index contributed by atoms with van der Waals surface area (Å²) in [6.45, 7) is 5.27. The number of pyridine rings is 2. The van der Waals surface area contributed by atoms with E-state index in [4.69, 9.17) is 18.9 Å². The summed E-state index contributed by atoms with van der Waals surface area (Å²) >= 11 is 0. The number of amides is 1. The minimum absolute atomic E-state index is 0.253. The molecule has 0 spiro atoms. The standard InChI is InChI=1S/C23H25N7O5/c1-32-20-3-2-16-21(25-20)17(4-5-24-16)29-8-6-28(7-9-29)13-15-14-30(23(31)35-15)19-12-18-22(27-26-19)34-11-10-33-18/h2-5,12,15H,6-11,13-14H2,1H3/t15-/m0/s1. The second-order valence-electron chi connectivity index (χ2n) is 8.52. The van der Waals surface area contributed by atoms with Crippen LogP contribution in [-0.2, 0) is 4.74 Å². The predicted octanol–water partition coefficient (Wildman–Crippen LogP) is 1.35. The maximum Gasteiger partial charge on any atom is 0.416 e. The number of hydrogen-bond acceptors (Lipinski definition) is 11. The molecule has 182 valence electrons. The average molecular weight is 479 g/mol. The van der Waals surface area contributed by atoms with E-state index in [0.29, 0.717) is 49.6 Å². The number of fused-ring (bicyclic) bond motifs is 2. The lowest BCUT2D eigenvalue weighted by molar-refractivity contribution is 0.106. The Morgan fingerprint density at radius 3 is 2.80 bits per heavy atom. The van der Waals surface area contributed by atoms with Crippen molar-refractivity contribution in [3.63, 3.8) is 0 Å². The smallest absolute Gasteiger partial charge is 0.416 e. The van der Waals surface area contributed by atoms with Crippen molar-refractivity contribution in [3.05, 3.63) is 30.5 Å². The summed E-state index contributed by atoms with van der Waals surface area (Å²) in [7, 11) is 1.61. The van der Waals surface area contributed by atoms with Gasteiger partial charge in [0.25, 0.3) is 5.88 Å². The third-order valence-corrected chi connectivity index (χ3v) is 6.37. The third kappa shape index (κ3) is 4.20. The van der Waals surface area contributed by atoms with Gasteiger partial charge in [0.05, 0.1) is 24.9 Å². The van der Waals surface area contributed by atoms with Crippen LogP contribution < -0.4 is 24.0 Å². The Labute approximate surface area is 201 Å². The lowest BCUT2D eigenvalue weighted by Crippen LogP contribution is -2.49. The number of methoxy groups -OCH3 is 1. The Kier molecular flexibility index (Phi) is 5.57. The van der Waals surface area contributed by atoms with Crippen LogP contribution in [0.15, 0.2) is 30.5 Å². The molecule has 0 aliphatic carbocycles. The maximum absolute atomic E-state index is 12.5. The first kappa shape index (κ1) is 21.6. The number of piperazine rings is 1. The fourth-order valence-corrected chi connectivity index (χ4v) is 4.60. The summed E-state index contributed by atoms with van der Waals surface area (Å²) in [6, 6.07) is 7.41. The van der Waals surface area contributed by atoms with E-state index in [1.54, 1.807) is 13.2 Å². The van der Waals surface area contributed by atoms with E-state index in [2.05, 4.69) is 30.0 Å². The van der Waals surface area contributed by atoms with E-state index in [9.17, 15) is 4.79 Å². The summed E-state index contributed by atoms with van der Waals surface area (Å²) in [5, 5.41) is 8.14. The van der Waals surface area contributed by atoms with Gasteiger partial charge in [-0.05, 0) is 12.1 Å². The highest BCUT2D eigenvalue weighted by molar-refractivity contribution is 5.89. The molecular weight excluding hydrogens is 454 g/mol. The second-order valence-corrected chi connectivity index (χ2v) is 8.52. The molecule has 0 N–H and O–H groups in total. The molecule has 0 unspecified atom stereocenters. The lowest BCUT2D eigenvalue weighted by Gasteiger charge is -2.36. The molecule has 2 fully saturated rings. The third-order valence-electron chi connectivity index (χ3n) is 6.37. The summed E-state index contributed by atoms with van der Waals surface area (Å²) in [4.78, 5) is 27.7. The van der Waals surface area contributed by atoms with Gasteiger partial charge in [-0.25, -0.2) is 9.78 Å². The Bertz CT molecular complexity index is 1250. The first-order valence-electron chi connectivity index (χ1n) is 11.6. The van der Waals surface area contributed by atoms with Crippen LogP contribution in [0, 0.1) is 0 Å². The first-order chi connectivity index (χ1) is 17.2. The zero-order chi connectivity index (χ0) is 23.8. The molecule has 6 rings (SSSR count). The van der Waals surface area contributed by atoms with E-state index in [-0.39, 0.29) is 6.10 Å². The van der Waals surface area contributed by atoms with Crippen molar-refractivity contribution < 1.29 is 23.7 Å². The largest absolute Gasteiger partial charge is 0.484 e. The molecule has 3 aliphatic rings. The number of cyclic esters (lactones) is 1. The van der Waals surface area contributed by atoms with Crippen molar-refractivity contribution in [2.24, 2.45) is 0 Å². The Morgan fingerprint density at radius 1 is 1.09 bits per heavy atom. The number of ether oxygens (including phenoxy) is 4. The highest BCUT2D eigenvalue weighted by Gasteiger charge is 2.36. The molecule has 0 bridgehead atoms. The number of hydrogen-bond donors (Lipinski definition) is 0. The van der Waals surface area contributed by atoms with Crippen molar-refractivity contribution >= 4 is 28.6 Å². The molecule has 0 saturated carbocycles. The van der Waals surface area contributed by atoms with E-state index in [1.165, 1.54) is 4.90 Å². The topological polar surface area (TPSA) is 115 Å². The second kappa shape index (κ2) is 9.02. The van der Waals surface area contributed by atoms with Gasteiger partial charge in [0.2, 0.25) is 5.88 Å². The van der Waals surface area contributed by atoms with Crippen molar-refractivity contribution in [2.45, 2.75) is 6.10 Å². The van der Waals surface area contributed by atoms with E-state index in [1.807, 2.05) is 24.4 Å². The zero-order valence-corrected chi connectivity index (χ0v) is 19.3. The van der Waals surface area contributed by atoms with E-state index < -0.39 is 6.09 Å². The number of aromatic nitrogens is 4. The summed E-state index contributed by atoms with van der Waals surface area (Å²) < 4.78 is 21.9. The molecule has 1 amide bonds. The van der Waals surface area contributed by atoms with Gasteiger partial charge >= 0.3 is 6.09 Å². The normalized spacial score (nSPS) is 20.3. The minimum Gasteiger partial charge on any atom is -0.484 e. The number of carbonyl (C=O) groups excluding carboxylic acids is 1. The van der Waals surface area contributed by atoms with Crippen molar-refractivity contribution in [1.29, 1.82) is 0 Å². The fraction of sp³-hybridized carbons (Fsp3) is 0.435. The van der Waals surface area contributed by atoms with Gasteiger partial charge in [-0.2, -0.15) is 0 Å². The summed E-state index contributed by atoms with van der Waals surface area (Å²) in [5.74, 6) is 1.81. The maximum atomic E-state index is 12.5. The Hall–Kier alpha value is -3.93. The highest BCUT2D eigenvalue weighted by Crippen LogP contribution is 2.31. The van der Waals surface area contributed by atoms with E-state index >= 15 is 0 Å². The molecule has 0 radical (unpaired) electrons. The molecule has 12 nitrogen and oxygen atoms in total. The van der Waals surface area contributed by atoms with E-state index in [0.717, 1.165) is 42.9 Å². The van der Waals surface area contributed by atoms with Crippen LogP contribution in [0.1, 0.15) is 0 Å². The molecule has 12 heteroatoms. The van der Waals surface area contributed by atoms with Crippen LogP contribution in [0.4, 0.5) is 16.3 Å². The number of carbonyl (C=O) groups is 1. The van der Waals surface area contributed by atoms with Gasteiger partial charge in [-0.1, -0.05) is 0 Å². The average Bonchev–Trinajstić information content (AvgIpc) is 3.27. The van der Waals surface area contributed by atoms with Crippen LogP contribution in [0.25, 0.3) is 11.0 Å². The van der Waals surface area contributed by atoms with Gasteiger partial charge in [-0.15, -0.1) is 10.2 Å². The number of rotatable bonds is 5. The highest BCUT2D eigenvalue weighted by atomic mass is 16.6. The molecule has 6 heterocycles. The molecule has 0 aromatic carbocycles. The SMILES string of the molecule is COc1ccc2nccc(N3CCN(C[C@H]4CN(c5cc6c(nn5)OCCO6)C(=O)O4)CC3)c2n1. The molecule has 1 atom stereocenters.